The molecule has 1 atom stereocenters. The Morgan fingerprint density at radius 1 is 0.975 bits per heavy atom. The van der Waals surface area contributed by atoms with Gasteiger partial charge in [0.1, 0.15) is 18.2 Å². The van der Waals surface area contributed by atoms with Gasteiger partial charge in [0.2, 0.25) is 0 Å². The number of hydrogen-bond donors (Lipinski definition) is 0. The predicted octanol–water partition coefficient (Wildman–Crippen LogP) is 8.30. The molecule has 40 heavy (non-hydrogen) atoms. The van der Waals surface area contributed by atoms with Gasteiger partial charge in [-0.1, -0.05) is 57.8 Å². The highest BCUT2D eigenvalue weighted by Gasteiger charge is 2.16. The van der Waals surface area contributed by atoms with E-state index in [9.17, 15) is 4.79 Å². The second-order valence-electron chi connectivity index (χ2n) is 9.87. The fourth-order valence-corrected chi connectivity index (χ4v) is 5.28. The molecular formula is C32H30Br2N4O2. The number of fused-ring (bicyclic) bond motifs is 1. The largest absolute Gasteiger partial charge is 0.489 e. The normalized spacial score (nSPS) is 12.3. The summed E-state index contributed by atoms with van der Waals surface area (Å²) in [5.74, 6) is 1.55. The molecule has 0 amide bonds. The maximum atomic E-state index is 13.5. The molecule has 0 unspecified atom stereocenters. The number of rotatable bonds is 8. The van der Waals surface area contributed by atoms with Crippen LogP contribution in [0.1, 0.15) is 54.5 Å². The van der Waals surface area contributed by atoms with Gasteiger partial charge in [-0.15, -0.1) is 0 Å². The second kappa shape index (κ2) is 11.9. The Balaban J connectivity index is 1.43. The van der Waals surface area contributed by atoms with Gasteiger partial charge in [-0.05, 0) is 86.5 Å². The second-order valence-corrected chi connectivity index (χ2v) is 11.7. The number of hydrogen-bond acceptors (Lipinski definition) is 4. The fraction of sp³-hybridized carbons (Fsp3) is 0.219. The van der Waals surface area contributed by atoms with Gasteiger partial charge in [0.15, 0.2) is 0 Å². The Bertz CT molecular complexity index is 1750. The molecule has 0 aliphatic carbocycles. The minimum Gasteiger partial charge on any atom is -0.489 e. The molecule has 0 spiro atoms. The first-order valence-corrected chi connectivity index (χ1v) is 14.8. The van der Waals surface area contributed by atoms with Crippen LogP contribution in [0.2, 0.25) is 0 Å². The van der Waals surface area contributed by atoms with Gasteiger partial charge >= 0.3 is 0 Å². The van der Waals surface area contributed by atoms with E-state index in [2.05, 4.69) is 87.4 Å². The molecule has 0 saturated heterocycles. The summed E-state index contributed by atoms with van der Waals surface area (Å²) in [6.45, 7) is 8.78. The van der Waals surface area contributed by atoms with Gasteiger partial charge in [0.05, 0.1) is 17.1 Å². The SMILES string of the molecule is CC[C@H](C)c1nc2ccc(Br)cc2c(=O)n1N=Cc1cc(C)n(-c2ccc(OCc3ccc(Br)cc3)cc2)c1C. The molecule has 2 heterocycles. The van der Waals surface area contributed by atoms with Crippen LogP contribution in [0.4, 0.5) is 0 Å². The summed E-state index contributed by atoms with van der Waals surface area (Å²) < 4.78 is 11.5. The Morgan fingerprint density at radius 2 is 1.68 bits per heavy atom. The standard InChI is InChI=1S/C32H30Br2N4O2/c1-5-20(2)31-36-30-15-10-26(34)17-29(30)32(39)38(31)35-18-24-16-21(3)37(22(24)4)27-11-13-28(14-12-27)40-19-23-6-8-25(33)9-7-23/h6-18,20H,5,19H2,1-4H3/t20-/m0/s1. The molecule has 5 aromatic rings. The number of aryl methyl sites for hydroxylation is 1. The Kier molecular flexibility index (Phi) is 8.38. The van der Waals surface area contributed by atoms with Gasteiger partial charge in [-0.25, -0.2) is 4.98 Å². The molecule has 0 radical (unpaired) electrons. The zero-order chi connectivity index (χ0) is 28.4. The highest BCUT2D eigenvalue weighted by molar-refractivity contribution is 9.10. The van der Waals surface area contributed by atoms with Crippen LogP contribution in [0.15, 0.2) is 91.6 Å². The van der Waals surface area contributed by atoms with Crippen molar-refractivity contribution in [3.8, 4) is 11.4 Å². The highest BCUT2D eigenvalue weighted by Crippen LogP contribution is 2.24. The van der Waals surface area contributed by atoms with E-state index < -0.39 is 0 Å². The summed E-state index contributed by atoms with van der Waals surface area (Å²) in [5.41, 5.74) is 5.67. The van der Waals surface area contributed by atoms with Crippen molar-refractivity contribution in [2.75, 3.05) is 0 Å². The van der Waals surface area contributed by atoms with Crippen molar-refractivity contribution in [1.82, 2.24) is 14.2 Å². The minimum atomic E-state index is -0.176. The lowest BCUT2D eigenvalue weighted by Gasteiger charge is -2.14. The Hall–Kier alpha value is -3.49. The first-order chi connectivity index (χ1) is 19.2. The molecule has 0 aliphatic rings. The lowest BCUT2D eigenvalue weighted by molar-refractivity contribution is 0.306. The molecule has 0 N–H and O–H groups in total. The maximum Gasteiger partial charge on any atom is 0.282 e. The zero-order valence-corrected chi connectivity index (χ0v) is 26.0. The first kappa shape index (κ1) is 28.1. The van der Waals surface area contributed by atoms with E-state index >= 15 is 0 Å². The van der Waals surface area contributed by atoms with Crippen LogP contribution in [-0.4, -0.2) is 20.4 Å². The van der Waals surface area contributed by atoms with Crippen molar-refractivity contribution < 1.29 is 4.74 Å². The average molecular weight is 662 g/mol. The summed E-state index contributed by atoms with van der Waals surface area (Å²) in [4.78, 5) is 18.3. The van der Waals surface area contributed by atoms with E-state index in [4.69, 9.17) is 9.72 Å². The Morgan fingerprint density at radius 3 is 2.38 bits per heavy atom. The molecule has 204 valence electrons. The minimum absolute atomic E-state index is 0.0785. The van der Waals surface area contributed by atoms with Gasteiger partial charge in [0.25, 0.3) is 5.56 Å². The quantitative estimate of drug-likeness (QED) is 0.157. The molecule has 0 bridgehead atoms. The van der Waals surface area contributed by atoms with Crippen LogP contribution in [0.5, 0.6) is 5.75 Å². The summed E-state index contributed by atoms with van der Waals surface area (Å²) in [5, 5.41) is 5.21. The van der Waals surface area contributed by atoms with Gasteiger partial charge in [0, 0.05) is 37.5 Å². The van der Waals surface area contributed by atoms with Crippen LogP contribution in [0, 0.1) is 13.8 Å². The molecule has 2 aromatic heterocycles. The Labute approximate surface area is 250 Å². The van der Waals surface area contributed by atoms with E-state index in [1.54, 1.807) is 12.3 Å². The van der Waals surface area contributed by atoms with Crippen molar-refractivity contribution in [3.05, 3.63) is 120 Å². The number of halogens is 2. The first-order valence-electron chi connectivity index (χ1n) is 13.2. The summed E-state index contributed by atoms with van der Waals surface area (Å²) in [6, 6.07) is 23.8. The third-order valence-electron chi connectivity index (χ3n) is 7.08. The molecule has 8 heteroatoms. The topological polar surface area (TPSA) is 61.4 Å². The van der Waals surface area contributed by atoms with E-state index in [0.717, 1.165) is 49.3 Å². The summed E-state index contributed by atoms with van der Waals surface area (Å²) in [6.07, 6.45) is 2.61. The monoisotopic (exact) mass is 660 g/mol. The molecule has 6 nitrogen and oxygen atoms in total. The highest BCUT2D eigenvalue weighted by atomic mass is 79.9. The third-order valence-corrected chi connectivity index (χ3v) is 8.10. The number of benzene rings is 3. The van der Waals surface area contributed by atoms with E-state index in [1.165, 1.54) is 4.68 Å². The lowest BCUT2D eigenvalue weighted by atomic mass is 10.1. The van der Waals surface area contributed by atoms with Crippen LogP contribution in [-0.2, 0) is 6.61 Å². The molecule has 5 rings (SSSR count). The number of ether oxygens (including phenoxy) is 1. The smallest absolute Gasteiger partial charge is 0.282 e. The van der Waals surface area contributed by atoms with Crippen molar-refractivity contribution in [2.24, 2.45) is 5.10 Å². The molecule has 0 fully saturated rings. The fourth-order valence-electron chi connectivity index (χ4n) is 4.65. The van der Waals surface area contributed by atoms with Crippen LogP contribution in [0.3, 0.4) is 0 Å². The van der Waals surface area contributed by atoms with E-state index in [-0.39, 0.29) is 11.5 Å². The predicted molar refractivity (Wildman–Crippen MR) is 169 cm³/mol. The molecular weight excluding hydrogens is 632 g/mol. The van der Waals surface area contributed by atoms with Crippen LogP contribution >= 0.6 is 31.9 Å². The van der Waals surface area contributed by atoms with E-state index in [1.807, 2.05) is 48.5 Å². The average Bonchev–Trinajstić information content (AvgIpc) is 3.24. The van der Waals surface area contributed by atoms with Crippen molar-refractivity contribution >= 4 is 49.0 Å². The summed E-state index contributed by atoms with van der Waals surface area (Å²) in [7, 11) is 0. The van der Waals surface area contributed by atoms with Crippen LogP contribution < -0.4 is 10.3 Å². The van der Waals surface area contributed by atoms with E-state index in [0.29, 0.717) is 23.3 Å². The maximum absolute atomic E-state index is 13.5. The van der Waals surface area contributed by atoms with Crippen molar-refractivity contribution in [2.45, 2.75) is 46.6 Å². The van der Waals surface area contributed by atoms with Crippen molar-refractivity contribution in [1.29, 1.82) is 0 Å². The lowest BCUT2D eigenvalue weighted by Crippen LogP contribution is -2.23. The van der Waals surface area contributed by atoms with Crippen LogP contribution in [0.25, 0.3) is 16.6 Å². The van der Waals surface area contributed by atoms with Crippen molar-refractivity contribution in [3.63, 3.8) is 0 Å². The molecule has 0 aliphatic heterocycles. The number of aromatic nitrogens is 3. The molecule has 3 aromatic carbocycles. The summed E-state index contributed by atoms with van der Waals surface area (Å²) >= 11 is 6.93. The zero-order valence-electron chi connectivity index (χ0n) is 22.9. The third kappa shape index (κ3) is 5.83. The molecule has 0 saturated carbocycles. The van der Waals surface area contributed by atoms with Gasteiger partial charge in [-0.3, -0.25) is 4.79 Å². The number of nitrogens with zero attached hydrogens (tertiary/aromatic N) is 4. The van der Waals surface area contributed by atoms with Gasteiger partial charge < -0.3 is 9.30 Å². The van der Waals surface area contributed by atoms with Gasteiger partial charge in [-0.2, -0.15) is 9.78 Å².